The molecule has 28 heavy (non-hydrogen) atoms. The molecule has 8 heteroatoms. The van der Waals surface area contributed by atoms with Gasteiger partial charge in [-0.3, -0.25) is 4.79 Å². The number of ether oxygens (including phenoxy) is 1. The van der Waals surface area contributed by atoms with Crippen LogP contribution in [0.5, 0.6) is 5.75 Å². The fourth-order valence-electron chi connectivity index (χ4n) is 3.52. The van der Waals surface area contributed by atoms with Gasteiger partial charge in [0.1, 0.15) is 5.75 Å². The molecular weight excluding hydrogens is 356 g/mol. The summed E-state index contributed by atoms with van der Waals surface area (Å²) in [5.74, 6) is 1.60. The Balaban J connectivity index is 1.38. The number of aryl methyl sites for hydroxylation is 1. The number of nitrogens with zero attached hydrogens (tertiary/aromatic N) is 6. The smallest absolute Gasteiger partial charge is 0.314 e. The van der Waals surface area contributed by atoms with E-state index < -0.39 is 0 Å². The van der Waals surface area contributed by atoms with Crippen molar-refractivity contribution in [3.8, 4) is 5.75 Å². The first-order valence-electron chi connectivity index (χ1n) is 9.63. The maximum absolute atomic E-state index is 12.7. The van der Waals surface area contributed by atoms with Crippen LogP contribution in [0, 0.1) is 12.8 Å². The van der Waals surface area contributed by atoms with Gasteiger partial charge in [0.25, 0.3) is 0 Å². The molecule has 0 unspecified atom stereocenters. The lowest BCUT2D eigenvalue weighted by atomic mass is 9.97. The van der Waals surface area contributed by atoms with Gasteiger partial charge in [-0.2, -0.15) is 0 Å². The topological polar surface area (TPSA) is 85.5 Å². The summed E-state index contributed by atoms with van der Waals surface area (Å²) in [4.78, 5) is 14.8. The molecule has 3 heterocycles. The standard InChI is InChI=1S/C20H24N6O2/c1-13(2)16-10-14(3)11-17(12-16)28-20(27)15-6-8-25(9-7-15)19-5-4-18-21-23-24-26(18)22-19/h4-5,10-13,15H,6-9H2,1-3H3. The number of aromatic nitrogens is 5. The van der Waals surface area contributed by atoms with Gasteiger partial charge < -0.3 is 9.64 Å². The highest BCUT2D eigenvalue weighted by Gasteiger charge is 2.27. The van der Waals surface area contributed by atoms with Crippen LogP contribution in [0.25, 0.3) is 5.65 Å². The predicted octanol–water partition coefficient (Wildman–Crippen LogP) is 2.77. The number of tetrazole rings is 1. The number of esters is 1. The van der Waals surface area contributed by atoms with Crippen molar-refractivity contribution in [2.24, 2.45) is 5.92 Å². The molecule has 0 saturated carbocycles. The molecule has 0 spiro atoms. The van der Waals surface area contributed by atoms with Crippen LogP contribution in [0.2, 0.25) is 0 Å². The molecule has 3 aromatic rings. The Hall–Kier alpha value is -3.03. The quantitative estimate of drug-likeness (QED) is 0.508. The van der Waals surface area contributed by atoms with E-state index in [-0.39, 0.29) is 11.9 Å². The van der Waals surface area contributed by atoms with E-state index in [4.69, 9.17) is 4.74 Å². The second-order valence-corrected chi connectivity index (χ2v) is 7.63. The predicted molar refractivity (Wildman–Crippen MR) is 104 cm³/mol. The molecule has 1 saturated heterocycles. The molecule has 1 aliphatic rings. The summed E-state index contributed by atoms with van der Waals surface area (Å²) in [5.41, 5.74) is 2.90. The summed E-state index contributed by atoms with van der Waals surface area (Å²) in [6, 6.07) is 9.77. The van der Waals surface area contributed by atoms with Gasteiger partial charge in [0.2, 0.25) is 0 Å². The Labute approximate surface area is 163 Å². The Bertz CT molecular complexity index is 991. The molecule has 0 N–H and O–H groups in total. The van der Waals surface area contributed by atoms with Gasteiger partial charge in [-0.1, -0.05) is 19.9 Å². The molecule has 146 valence electrons. The van der Waals surface area contributed by atoms with E-state index in [0.717, 1.165) is 37.3 Å². The first kappa shape index (κ1) is 18.3. The van der Waals surface area contributed by atoms with E-state index in [1.807, 2.05) is 31.2 Å². The molecule has 0 atom stereocenters. The number of fused-ring (bicyclic) bond motifs is 1. The second-order valence-electron chi connectivity index (χ2n) is 7.63. The van der Waals surface area contributed by atoms with Gasteiger partial charge in [0.15, 0.2) is 11.5 Å². The van der Waals surface area contributed by atoms with Crippen LogP contribution in [0.1, 0.15) is 43.7 Å². The van der Waals surface area contributed by atoms with Crippen LogP contribution in [-0.4, -0.2) is 44.3 Å². The number of rotatable bonds is 4. The molecule has 0 amide bonds. The Morgan fingerprint density at radius 1 is 1.18 bits per heavy atom. The fourth-order valence-corrected chi connectivity index (χ4v) is 3.52. The lowest BCUT2D eigenvalue weighted by molar-refractivity contribution is -0.139. The van der Waals surface area contributed by atoms with Crippen molar-refractivity contribution in [2.75, 3.05) is 18.0 Å². The zero-order chi connectivity index (χ0) is 19.7. The summed E-state index contributed by atoms with van der Waals surface area (Å²) in [7, 11) is 0. The van der Waals surface area contributed by atoms with Crippen molar-refractivity contribution in [3.63, 3.8) is 0 Å². The molecule has 1 aromatic carbocycles. The molecule has 0 aliphatic carbocycles. The average Bonchev–Trinajstić information content (AvgIpc) is 3.15. The number of hydrogen-bond donors (Lipinski definition) is 0. The van der Waals surface area contributed by atoms with Crippen molar-refractivity contribution in [2.45, 2.75) is 39.5 Å². The third-order valence-corrected chi connectivity index (χ3v) is 5.17. The highest BCUT2D eigenvalue weighted by Crippen LogP contribution is 2.26. The van der Waals surface area contributed by atoms with E-state index in [2.05, 4.69) is 45.4 Å². The molecule has 0 bridgehead atoms. The highest BCUT2D eigenvalue weighted by molar-refractivity contribution is 5.75. The number of piperidine rings is 1. The highest BCUT2D eigenvalue weighted by atomic mass is 16.5. The van der Waals surface area contributed by atoms with Crippen LogP contribution in [-0.2, 0) is 4.79 Å². The van der Waals surface area contributed by atoms with E-state index in [0.29, 0.717) is 17.3 Å². The van der Waals surface area contributed by atoms with E-state index in [1.165, 1.54) is 10.2 Å². The summed E-state index contributed by atoms with van der Waals surface area (Å²) in [5, 5.41) is 15.7. The van der Waals surface area contributed by atoms with Gasteiger partial charge in [-0.15, -0.1) is 14.8 Å². The lowest BCUT2D eigenvalue weighted by Gasteiger charge is -2.31. The molecule has 0 radical (unpaired) electrons. The lowest BCUT2D eigenvalue weighted by Crippen LogP contribution is -2.38. The number of hydrogen-bond acceptors (Lipinski definition) is 7. The van der Waals surface area contributed by atoms with Crippen LogP contribution < -0.4 is 9.64 Å². The Morgan fingerprint density at radius 2 is 1.96 bits per heavy atom. The molecule has 8 nitrogen and oxygen atoms in total. The number of carbonyl (C=O) groups is 1. The first-order chi connectivity index (χ1) is 13.5. The van der Waals surface area contributed by atoms with Gasteiger partial charge >= 0.3 is 5.97 Å². The number of anilines is 1. The van der Waals surface area contributed by atoms with Crippen molar-refractivity contribution >= 4 is 17.4 Å². The minimum Gasteiger partial charge on any atom is -0.426 e. The van der Waals surface area contributed by atoms with Gasteiger partial charge in [-0.05, 0) is 71.5 Å². The fraction of sp³-hybridized carbons (Fsp3) is 0.450. The largest absolute Gasteiger partial charge is 0.426 e. The average molecular weight is 380 g/mol. The zero-order valence-corrected chi connectivity index (χ0v) is 16.4. The molecular formula is C20H24N6O2. The van der Waals surface area contributed by atoms with Crippen LogP contribution in [0.4, 0.5) is 5.82 Å². The van der Waals surface area contributed by atoms with Crippen molar-refractivity contribution in [3.05, 3.63) is 41.5 Å². The van der Waals surface area contributed by atoms with Crippen molar-refractivity contribution < 1.29 is 9.53 Å². The second kappa shape index (κ2) is 7.53. The Morgan fingerprint density at radius 3 is 2.71 bits per heavy atom. The molecule has 1 fully saturated rings. The Kier molecular flexibility index (Phi) is 4.93. The SMILES string of the molecule is Cc1cc(OC(=O)C2CCN(c3ccc4nnnn4n3)CC2)cc(C(C)C)c1. The zero-order valence-electron chi connectivity index (χ0n) is 16.4. The summed E-state index contributed by atoms with van der Waals surface area (Å²) >= 11 is 0. The van der Waals surface area contributed by atoms with Gasteiger partial charge in [0.05, 0.1) is 5.92 Å². The van der Waals surface area contributed by atoms with E-state index >= 15 is 0 Å². The summed E-state index contributed by atoms with van der Waals surface area (Å²) in [6.45, 7) is 7.78. The minimum atomic E-state index is -0.149. The molecule has 4 rings (SSSR count). The number of carbonyl (C=O) groups excluding carboxylic acids is 1. The molecule has 1 aliphatic heterocycles. The third kappa shape index (κ3) is 3.81. The minimum absolute atomic E-state index is 0.101. The normalized spacial score (nSPS) is 15.4. The summed E-state index contributed by atoms with van der Waals surface area (Å²) in [6.07, 6.45) is 1.47. The monoisotopic (exact) mass is 380 g/mol. The molecule has 2 aromatic heterocycles. The van der Waals surface area contributed by atoms with Gasteiger partial charge in [0, 0.05) is 13.1 Å². The van der Waals surface area contributed by atoms with Crippen LogP contribution in [0.15, 0.2) is 30.3 Å². The van der Waals surface area contributed by atoms with E-state index in [1.54, 1.807) is 0 Å². The van der Waals surface area contributed by atoms with Gasteiger partial charge in [-0.25, -0.2) is 0 Å². The van der Waals surface area contributed by atoms with Crippen LogP contribution in [0.3, 0.4) is 0 Å². The first-order valence-corrected chi connectivity index (χ1v) is 9.63. The van der Waals surface area contributed by atoms with Crippen molar-refractivity contribution in [1.82, 2.24) is 25.3 Å². The number of benzene rings is 1. The van der Waals surface area contributed by atoms with Crippen molar-refractivity contribution in [1.29, 1.82) is 0 Å². The summed E-state index contributed by atoms with van der Waals surface area (Å²) < 4.78 is 7.13. The maximum Gasteiger partial charge on any atom is 0.314 e. The third-order valence-electron chi connectivity index (χ3n) is 5.17. The maximum atomic E-state index is 12.7. The van der Waals surface area contributed by atoms with Crippen LogP contribution >= 0.6 is 0 Å². The van der Waals surface area contributed by atoms with E-state index in [9.17, 15) is 4.79 Å².